The number of hydrogen-bond acceptors (Lipinski definition) is 6. The van der Waals surface area contributed by atoms with Crippen molar-refractivity contribution in [2.24, 2.45) is 0 Å². The Morgan fingerprint density at radius 1 is 1.19 bits per heavy atom. The van der Waals surface area contributed by atoms with Crippen LogP contribution in [-0.2, 0) is 11.2 Å². The maximum Gasteiger partial charge on any atom is 0.274 e. The number of carbonyl (C=O) groups is 2. The van der Waals surface area contributed by atoms with E-state index in [9.17, 15) is 9.59 Å². The molecule has 9 nitrogen and oxygen atoms in total. The van der Waals surface area contributed by atoms with Gasteiger partial charge in [-0.3, -0.25) is 14.7 Å². The first-order valence-corrected chi connectivity index (χ1v) is 8.34. The number of amides is 2. The van der Waals surface area contributed by atoms with Crippen LogP contribution in [-0.4, -0.2) is 51.0 Å². The number of nitrogens with zero attached hydrogens (tertiary/aromatic N) is 4. The fourth-order valence-corrected chi connectivity index (χ4v) is 2.75. The first kappa shape index (κ1) is 18.3. The summed E-state index contributed by atoms with van der Waals surface area (Å²) in [4.78, 5) is 34.1. The van der Waals surface area contributed by atoms with Gasteiger partial charge < -0.3 is 16.0 Å². The van der Waals surface area contributed by atoms with E-state index in [1.807, 2.05) is 19.9 Å². The first-order chi connectivity index (χ1) is 12.8. The van der Waals surface area contributed by atoms with E-state index in [4.69, 9.17) is 5.73 Å². The Labute approximate surface area is 156 Å². The van der Waals surface area contributed by atoms with Gasteiger partial charge in [0.05, 0.1) is 11.8 Å². The summed E-state index contributed by atoms with van der Waals surface area (Å²) in [7, 11) is 3.45. The van der Waals surface area contributed by atoms with Crippen LogP contribution in [0.3, 0.4) is 0 Å². The molecule has 2 aromatic heterocycles. The van der Waals surface area contributed by atoms with Crippen LogP contribution in [0.25, 0.3) is 11.0 Å². The van der Waals surface area contributed by atoms with Crippen molar-refractivity contribution in [3.05, 3.63) is 40.8 Å². The quantitative estimate of drug-likeness (QED) is 0.640. The molecule has 0 unspecified atom stereocenters. The van der Waals surface area contributed by atoms with Gasteiger partial charge in [-0.25, -0.2) is 9.97 Å². The number of hydrogen-bond donors (Lipinski definition) is 3. The Morgan fingerprint density at radius 3 is 2.63 bits per heavy atom. The van der Waals surface area contributed by atoms with Gasteiger partial charge in [0.1, 0.15) is 17.8 Å². The molecule has 0 saturated carbocycles. The minimum absolute atomic E-state index is 0.0219. The fraction of sp³-hybridized carbons (Fsp3) is 0.278. The topological polar surface area (TPSA) is 130 Å². The number of nitrogen functional groups attached to an aromatic ring is 1. The van der Waals surface area contributed by atoms with Crippen molar-refractivity contribution in [3.63, 3.8) is 0 Å². The van der Waals surface area contributed by atoms with Gasteiger partial charge in [0.25, 0.3) is 5.91 Å². The molecule has 0 saturated heterocycles. The molecular weight excluding hydrogens is 346 g/mol. The molecule has 1 aromatic carbocycles. The summed E-state index contributed by atoms with van der Waals surface area (Å²) in [5.74, 6) is -0.184. The normalized spacial score (nSPS) is 10.8. The Morgan fingerprint density at radius 2 is 1.93 bits per heavy atom. The van der Waals surface area contributed by atoms with E-state index in [1.54, 1.807) is 25.1 Å². The second-order valence-electron chi connectivity index (χ2n) is 6.50. The van der Waals surface area contributed by atoms with Crippen molar-refractivity contribution in [1.29, 1.82) is 0 Å². The van der Waals surface area contributed by atoms with E-state index in [0.717, 1.165) is 16.7 Å². The number of benzene rings is 1. The van der Waals surface area contributed by atoms with Gasteiger partial charge in [-0.2, -0.15) is 5.10 Å². The van der Waals surface area contributed by atoms with Crippen molar-refractivity contribution in [2.75, 3.05) is 25.1 Å². The predicted molar refractivity (Wildman–Crippen MR) is 102 cm³/mol. The lowest BCUT2D eigenvalue weighted by atomic mass is 9.98. The zero-order valence-electron chi connectivity index (χ0n) is 15.6. The molecule has 2 heterocycles. The van der Waals surface area contributed by atoms with Crippen LogP contribution in [0.5, 0.6) is 0 Å². The first-order valence-electron chi connectivity index (χ1n) is 8.34. The molecule has 0 fully saturated rings. The van der Waals surface area contributed by atoms with Gasteiger partial charge in [0.2, 0.25) is 5.91 Å². The van der Waals surface area contributed by atoms with Crippen molar-refractivity contribution in [1.82, 2.24) is 25.1 Å². The standard InChI is InChI=1S/C18H21N7O2/c1-9-10(2)12(6-5-11(9)7-13(26)25(3)4)22-18(27)15-14-16(19)20-8-21-17(14)24-23-15/h5-6,8H,7H2,1-4H3,(H,22,27)(H3,19,20,21,23,24). The number of H-pyrrole nitrogens is 1. The van der Waals surface area contributed by atoms with Crippen LogP contribution in [0.1, 0.15) is 27.2 Å². The highest BCUT2D eigenvalue weighted by Gasteiger charge is 2.19. The highest BCUT2D eigenvalue weighted by atomic mass is 16.2. The largest absolute Gasteiger partial charge is 0.383 e. The third-order valence-electron chi connectivity index (χ3n) is 4.60. The molecule has 3 rings (SSSR count). The molecule has 0 aliphatic heterocycles. The van der Waals surface area contributed by atoms with Crippen LogP contribution in [0, 0.1) is 13.8 Å². The summed E-state index contributed by atoms with van der Waals surface area (Å²) < 4.78 is 0. The lowest BCUT2D eigenvalue weighted by Gasteiger charge is -2.16. The monoisotopic (exact) mass is 367 g/mol. The van der Waals surface area contributed by atoms with E-state index in [2.05, 4.69) is 25.5 Å². The minimum atomic E-state index is -0.390. The highest BCUT2D eigenvalue weighted by molar-refractivity contribution is 6.13. The molecule has 27 heavy (non-hydrogen) atoms. The third-order valence-corrected chi connectivity index (χ3v) is 4.60. The van der Waals surface area contributed by atoms with Crippen molar-refractivity contribution in [3.8, 4) is 0 Å². The molecule has 0 aliphatic rings. The van der Waals surface area contributed by atoms with Crippen LogP contribution >= 0.6 is 0 Å². The Hall–Kier alpha value is -3.49. The van der Waals surface area contributed by atoms with Gasteiger partial charge >= 0.3 is 0 Å². The molecule has 9 heteroatoms. The number of fused-ring (bicyclic) bond motifs is 1. The third kappa shape index (κ3) is 3.43. The molecule has 0 radical (unpaired) electrons. The van der Waals surface area contributed by atoms with E-state index >= 15 is 0 Å². The average molecular weight is 367 g/mol. The zero-order valence-corrected chi connectivity index (χ0v) is 15.6. The number of aromatic nitrogens is 4. The number of nitrogens with one attached hydrogen (secondary N) is 2. The summed E-state index contributed by atoms with van der Waals surface area (Å²) in [6.45, 7) is 3.83. The summed E-state index contributed by atoms with van der Waals surface area (Å²) in [5.41, 5.74) is 9.81. The van der Waals surface area contributed by atoms with Crippen molar-refractivity contribution in [2.45, 2.75) is 20.3 Å². The van der Waals surface area contributed by atoms with Crippen molar-refractivity contribution < 1.29 is 9.59 Å². The summed E-state index contributed by atoms with van der Waals surface area (Å²) in [6.07, 6.45) is 1.61. The number of nitrogens with two attached hydrogens (primary N) is 1. The maximum absolute atomic E-state index is 12.7. The Bertz CT molecular complexity index is 1040. The minimum Gasteiger partial charge on any atom is -0.383 e. The number of likely N-dealkylation sites (N-methyl/N-ethyl adjacent to an activating group) is 1. The molecule has 4 N–H and O–H groups in total. The average Bonchev–Trinajstić information content (AvgIpc) is 3.06. The lowest BCUT2D eigenvalue weighted by molar-refractivity contribution is -0.127. The van der Waals surface area contributed by atoms with Crippen LogP contribution in [0.2, 0.25) is 0 Å². The number of rotatable bonds is 4. The second-order valence-corrected chi connectivity index (χ2v) is 6.50. The molecular formula is C18H21N7O2. The predicted octanol–water partition coefficient (Wildman–Crippen LogP) is 1.43. The summed E-state index contributed by atoms with van der Waals surface area (Å²) in [5, 5.41) is 9.90. The van der Waals surface area contributed by atoms with Crippen molar-refractivity contribution >= 4 is 34.4 Å². The van der Waals surface area contributed by atoms with Gasteiger partial charge in [-0.1, -0.05) is 6.07 Å². The maximum atomic E-state index is 12.7. The van der Waals surface area contributed by atoms with Gasteiger partial charge in [-0.05, 0) is 36.6 Å². The summed E-state index contributed by atoms with van der Waals surface area (Å²) in [6, 6.07) is 3.64. The smallest absolute Gasteiger partial charge is 0.274 e. The van der Waals surface area contributed by atoms with E-state index in [-0.39, 0.29) is 17.4 Å². The Balaban J connectivity index is 1.88. The molecule has 0 aliphatic carbocycles. The van der Waals surface area contributed by atoms with E-state index in [1.165, 1.54) is 6.33 Å². The fourth-order valence-electron chi connectivity index (χ4n) is 2.75. The SMILES string of the molecule is Cc1c(CC(=O)N(C)C)ccc(NC(=O)c2[nH]nc3ncnc(N)c23)c1C. The van der Waals surface area contributed by atoms with E-state index < -0.39 is 5.91 Å². The molecule has 3 aromatic rings. The highest BCUT2D eigenvalue weighted by Crippen LogP contribution is 2.25. The lowest BCUT2D eigenvalue weighted by Crippen LogP contribution is -2.24. The molecule has 140 valence electrons. The van der Waals surface area contributed by atoms with Gasteiger partial charge in [0, 0.05) is 19.8 Å². The molecule has 0 spiro atoms. The number of aromatic amines is 1. The number of anilines is 2. The van der Waals surface area contributed by atoms with Gasteiger partial charge in [-0.15, -0.1) is 0 Å². The molecule has 0 atom stereocenters. The van der Waals surface area contributed by atoms with Crippen LogP contribution < -0.4 is 11.1 Å². The Kier molecular flexibility index (Phi) is 4.76. The van der Waals surface area contributed by atoms with Gasteiger partial charge in [0.15, 0.2) is 5.65 Å². The molecule has 0 bridgehead atoms. The van der Waals surface area contributed by atoms with E-state index in [0.29, 0.717) is 23.1 Å². The summed E-state index contributed by atoms with van der Waals surface area (Å²) >= 11 is 0. The zero-order chi connectivity index (χ0) is 19.7. The number of carbonyl (C=O) groups excluding carboxylic acids is 2. The second kappa shape index (κ2) is 7.02. The van der Waals surface area contributed by atoms with Crippen LogP contribution in [0.15, 0.2) is 18.5 Å². The molecule has 2 amide bonds. The van der Waals surface area contributed by atoms with Crippen LogP contribution in [0.4, 0.5) is 11.5 Å².